The van der Waals surface area contributed by atoms with Crippen LogP contribution in [0.5, 0.6) is 0 Å². The zero-order chi connectivity index (χ0) is 13.2. The molecule has 19 heavy (non-hydrogen) atoms. The number of nitrogens with zero attached hydrogens (tertiary/aromatic N) is 3. The molecule has 0 unspecified atom stereocenters. The van der Waals surface area contributed by atoms with Gasteiger partial charge in [-0.05, 0) is 41.4 Å². The molecule has 0 amide bonds. The summed E-state index contributed by atoms with van der Waals surface area (Å²) in [4.78, 5) is 3.13. The lowest BCUT2D eigenvalue weighted by Crippen LogP contribution is -2.38. The third-order valence-corrected chi connectivity index (χ3v) is 4.47. The maximum Gasteiger partial charge on any atom is 0.135 e. The molecule has 4 nitrogen and oxygen atoms in total. The Labute approximate surface area is 118 Å². The van der Waals surface area contributed by atoms with Gasteiger partial charge in [-0.1, -0.05) is 24.9 Å². The van der Waals surface area contributed by atoms with Crippen LogP contribution >= 0.6 is 12.2 Å². The summed E-state index contributed by atoms with van der Waals surface area (Å²) in [6.45, 7) is 0. The van der Waals surface area contributed by atoms with E-state index in [9.17, 15) is 0 Å². The van der Waals surface area contributed by atoms with E-state index in [2.05, 4.69) is 22.3 Å². The van der Waals surface area contributed by atoms with Crippen molar-refractivity contribution in [1.82, 2.24) is 15.2 Å². The van der Waals surface area contributed by atoms with Crippen molar-refractivity contribution >= 4 is 35.5 Å². The molecule has 1 aromatic heterocycles. The zero-order valence-corrected chi connectivity index (χ0v) is 11.8. The molecule has 3 rings (SSSR count). The average Bonchev–Trinajstić information content (AvgIpc) is 2.94. The average molecular weight is 273 g/mol. The van der Waals surface area contributed by atoms with E-state index in [4.69, 9.17) is 16.8 Å². The number of hydrogen-bond acceptors (Lipinski definition) is 4. The SMILES string of the molecule is CN(C(=S)c1ccc2nonc2c1)C1CCBCC1. The van der Waals surface area contributed by atoms with Crippen molar-refractivity contribution in [2.75, 3.05) is 7.05 Å². The minimum atomic E-state index is 0.576. The number of rotatable bonds is 2. The van der Waals surface area contributed by atoms with Gasteiger partial charge >= 0.3 is 0 Å². The van der Waals surface area contributed by atoms with Gasteiger partial charge in [0.25, 0.3) is 0 Å². The Morgan fingerprint density at radius 2 is 2.05 bits per heavy atom. The highest BCUT2D eigenvalue weighted by molar-refractivity contribution is 7.80. The summed E-state index contributed by atoms with van der Waals surface area (Å²) in [7, 11) is 3.46. The highest BCUT2D eigenvalue weighted by Gasteiger charge is 2.21. The Morgan fingerprint density at radius 1 is 1.32 bits per heavy atom. The van der Waals surface area contributed by atoms with Crippen molar-refractivity contribution in [3.8, 4) is 0 Å². The van der Waals surface area contributed by atoms with Crippen molar-refractivity contribution in [1.29, 1.82) is 0 Å². The van der Waals surface area contributed by atoms with Gasteiger partial charge in [0, 0.05) is 18.7 Å². The molecule has 1 aliphatic rings. The van der Waals surface area contributed by atoms with Gasteiger partial charge in [0.15, 0.2) is 0 Å². The number of hydrogen-bond donors (Lipinski definition) is 0. The molecule has 1 saturated heterocycles. The van der Waals surface area contributed by atoms with E-state index in [0.717, 1.165) is 21.6 Å². The van der Waals surface area contributed by atoms with Gasteiger partial charge in [0.2, 0.25) is 0 Å². The molecule has 0 saturated carbocycles. The van der Waals surface area contributed by atoms with E-state index in [1.165, 1.54) is 32.8 Å². The van der Waals surface area contributed by atoms with Gasteiger partial charge in [-0.15, -0.1) is 0 Å². The molecule has 1 fully saturated rings. The van der Waals surface area contributed by atoms with Crippen molar-refractivity contribution in [3.63, 3.8) is 0 Å². The fraction of sp³-hybridized carbons (Fsp3) is 0.462. The molecule has 1 aliphatic heterocycles. The zero-order valence-electron chi connectivity index (χ0n) is 11.0. The van der Waals surface area contributed by atoms with E-state index in [1.54, 1.807) is 0 Å². The molecular weight excluding hydrogens is 257 g/mol. The summed E-state index contributed by atoms with van der Waals surface area (Å²) in [6.07, 6.45) is 5.10. The molecule has 0 N–H and O–H groups in total. The van der Waals surface area contributed by atoms with Crippen LogP contribution in [0.1, 0.15) is 18.4 Å². The first kappa shape index (κ1) is 12.6. The lowest BCUT2D eigenvalue weighted by Gasteiger charge is -2.33. The molecule has 1 aromatic carbocycles. The molecule has 0 aliphatic carbocycles. The quantitative estimate of drug-likeness (QED) is 0.620. The Kier molecular flexibility index (Phi) is 3.51. The van der Waals surface area contributed by atoms with Crippen molar-refractivity contribution < 1.29 is 4.63 Å². The smallest absolute Gasteiger partial charge is 0.135 e. The normalized spacial score (nSPS) is 16.3. The summed E-state index contributed by atoms with van der Waals surface area (Å²) < 4.78 is 4.72. The summed E-state index contributed by atoms with van der Waals surface area (Å²) in [5.74, 6) is 0. The molecule has 6 heteroatoms. The first-order valence-corrected chi connectivity index (χ1v) is 7.16. The first-order chi connectivity index (χ1) is 9.25. The highest BCUT2D eigenvalue weighted by atomic mass is 32.1. The van der Waals surface area contributed by atoms with Gasteiger partial charge in [-0.25, -0.2) is 4.63 Å². The highest BCUT2D eigenvalue weighted by Crippen LogP contribution is 2.21. The summed E-state index contributed by atoms with van der Waals surface area (Å²) >= 11 is 5.61. The molecule has 0 spiro atoms. The number of aromatic nitrogens is 2. The maximum absolute atomic E-state index is 5.61. The first-order valence-electron chi connectivity index (χ1n) is 6.75. The van der Waals surface area contributed by atoms with E-state index < -0.39 is 0 Å². The van der Waals surface area contributed by atoms with Crippen LogP contribution < -0.4 is 0 Å². The minimum absolute atomic E-state index is 0.576. The number of fused-ring (bicyclic) bond motifs is 1. The topological polar surface area (TPSA) is 42.2 Å². The van der Waals surface area contributed by atoms with E-state index in [-0.39, 0.29) is 0 Å². The molecule has 2 aromatic rings. The molecule has 0 radical (unpaired) electrons. The molecule has 0 bridgehead atoms. The maximum atomic E-state index is 5.61. The monoisotopic (exact) mass is 273 g/mol. The second-order valence-electron chi connectivity index (χ2n) is 5.18. The second kappa shape index (κ2) is 5.29. The lowest BCUT2D eigenvalue weighted by molar-refractivity contribution is 0.315. The Bertz CT molecular complexity index is 594. The Morgan fingerprint density at radius 3 is 2.84 bits per heavy atom. The summed E-state index contributed by atoms with van der Waals surface area (Å²) in [5, 5.41) is 7.68. The van der Waals surface area contributed by atoms with Crippen LogP contribution in [0.4, 0.5) is 0 Å². The van der Waals surface area contributed by atoms with Crippen LogP contribution in [0.15, 0.2) is 22.8 Å². The van der Waals surface area contributed by atoms with Gasteiger partial charge in [-0.2, -0.15) is 0 Å². The van der Waals surface area contributed by atoms with E-state index in [1.807, 2.05) is 18.2 Å². The van der Waals surface area contributed by atoms with Crippen molar-refractivity contribution in [2.24, 2.45) is 0 Å². The predicted octanol–water partition coefficient (Wildman–Crippen LogP) is 2.27. The third-order valence-electron chi connectivity index (χ3n) is 3.94. The Hall–Kier alpha value is -1.43. The van der Waals surface area contributed by atoms with Gasteiger partial charge in [0.1, 0.15) is 23.3 Å². The van der Waals surface area contributed by atoms with Crippen LogP contribution in [-0.4, -0.2) is 40.6 Å². The van der Waals surface area contributed by atoms with Crippen LogP contribution in [0.25, 0.3) is 11.0 Å². The minimum Gasteiger partial charge on any atom is -0.362 e. The predicted molar refractivity (Wildman–Crippen MR) is 81.1 cm³/mol. The van der Waals surface area contributed by atoms with Crippen LogP contribution in [0, 0.1) is 0 Å². The second-order valence-corrected chi connectivity index (χ2v) is 5.56. The molecule has 2 heterocycles. The molecule has 0 atom stereocenters. The van der Waals surface area contributed by atoms with E-state index >= 15 is 0 Å². The summed E-state index contributed by atoms with van der Waals surface area (Å²) in [6, 6.07) is 6.43. The van der Waals surface area contributed by atoms with Crippen molar-refractivity contribution in [3.05, 3.63) is 23.8 Å². The van der Waals surface area contributed by atoms with Crippen LogP contribution in [-0.2, 0) is 0 Å². The third kappa shape index (κ3) is 2.49. The van der Waals surface area contributed by atoms with Gasteiger partial charge < -0.3 is 4.90 Å². The van der Waals surface area contributed by atoms with E-state index in [0.29, 0.717) is 6.04 Å². The fourth-order valence-corrected chi connectivity index (χ4v) is 3.03. The summed E-state index contributed by atoms with van der Waals surface area (Å²) in [5.41, 5.74) is 2.55. The standard InChI is InChI=1S/C13H16BN3OS/c1-17(10-4-6-14-7-5-10)13(19)9-2-3-11-12(8-9)16-18-15-11/h2-3,8,10,14H,4-7H2,1H3. The van der Waals surface area contributed by atoms with Crippen LogP contribution in [0.3, 0.4) is 0 Å². The van der Waals surface area contributed by atoms with Crippen LogP contribution in [0.2, 0.25) is 12.6 Å². The van der Waals surface area contributed by atoms with Gasteiger partial charge in [0.05, 0.1) is 0 Å². The Balaban J connectivity index is 1.81. The largest absolute Gasteiger partial charge is 0.362 e. The number of benzene rings is 1. The molecule has 98 valence electrons. The van der Waals surface area contributed by atoms with Gasteiger partial charge in [-0.3, -0.25) is 0 Å². The van der Waals surface area contributed by atoms with Crippen molar-refractivity contribution in [2.45, 2.75) is 31.5 Å². The fourth-order valence-electron chi connectivity index (χ4n) is 2.75. The lowest BCUT2D eigenvalue weighted by atomic mass is 9.63. The molecular formula is C13H16BN3OS. The number of thiocarbonyl (C=S) groups is 1.